The molecule has 0 saturated heterocycles. The maximum Gasteiger partial charge on any atom is 0.337 e. The Labute approximate surface area is 355 Å². The summed E-state index contributed by atoms with van der Waals surface area (Å²) in [6.07, 6.45) is 6.85. The Morgan fingerprint density at radius 3 is 2.08 bits per heavy atom. The van der Waals surface area contributed by atoms with Crippen molar-refractivity contribution in [2.75, 3.05) is 9.71 Å². The average Bonchev–Trinajstić information content (AvgIpc) is 3.77. The number of hydrogen-bond acceptors (Lipinski definition) is 3. The molecule has 4 heteroatoms. The maximum atomic E-state index is 7.26. The number of rotatable bonds is 9. The SMILES string of the molecule is CCCCc1ccc(N2B3c4c(cc(C)cc4N(c4ccc(CCCC)cc4-c4ccccc4)c4oc5ccccc5c43)-c3ccc4c(c32)C(C)(C)c2ccccc2-4)cc1. The molecule has 11 rings (SSSR count). The monoisotopic (exact) mass is 778 g/mol. The fraction of sp³-hybridized carbons (Fsp3) is 0.214. The lowest BCUT2D eigenvalue weighted by atomic mass is 9.43. The number of furan rings is 1. The van der Waals surface area contributed by atoms with Gasteiger partial charge in [-0.3, -0.25) is 4.90 Å². The highest BCUT2D eigenvalue weighted by molar-refractivity contribution is 6.95. The fourth-order valence-corrected chi connectivity index (χ4v) is 10.8. The quantitative estimate of drug-likeness (QED) is 0.136. The van der Waals surface area contributed by atoms with Crippen molar-refractivity contribution in [2.45, 2.75) is 78.6 Å². The molecule has 0 saturated carbocycles. The first-order chi connectivity index (χ1) is 29.4. The summed E-state index contributed by atoms with van der Waals surface area (Å²) in [6.45, 7) is 11.5. The van der Waals surface area contributed by atoms with Crippen LogP contribution in [0.1, 0.15) is 81.2 Å². The number of fused-ring (bicyclic) bond motifs is 10. The molecule has 0 amide bonds. The van der Waals surface area contributed by atoms with Crippen LogP contribution >= 0.6 is 0 Å². The van der Waals surface area contributed by atoms with Crippen LogP contribution in [0, 0.1) is 6.92 Å². The van der Waals surface area contributed by atoms with Gasteiger partial charge in [0.1, 0.15) is 5.58 Å². The second-order valence-corrected chi connectivity index (χ2v) is 17.8. The summed E-state index contributed by atoms with van der Waals surface area (Å²) in [5.41, 5.74) is 22.5. The summed E-state index contributed by atoms with van der Waals surface area (Å²) < 4.78 is 7.26. The van der Waals surface area contributed by atoms with Gasteiger partial charge in [-0.2, -0.15) is 0 Å². The molecule has 0 radical (unpaired) electrons. The third kappa shape index (κ3) is 5.49. The number of anilines is 5. The summed E-state index contributed by atoms with van der Waals surface area (Å²) in [4.78, 5) is 5.17. The summed E-state index contributed by atoms with van der Waals surface area (Å²) in [7, 11) is 0. The van der Waals surface area contributed by atoms with Gasteiger partial charge in [0.05, 0.1) is 5.69 Å². The summed E-state index contributed by atoms with van der Waals surface area (Å²) in [5, 5.41) is 1.16. The highest BCUT2D eigenvalue weighted by Gasteiger charge is 2.51. The van der Waals surface area contributed by atoms with Gasteiger partial charge in [0.25, 0.3) is 0 Å². The molecule has 0 atom stereocenters. The molecule has 0 fully saturated rings. The zero-order chi connectivity index (χ0) is 40.7. The van der Waals surface area contributed by atoms with Crippen molar-refractivity contribution in [1.82, 2.24) is 0 Å². The summed E-state index contributed by atoms with van der Waals surface area (Å²) >= 11 is 0. The number of hydrogen-bond donors (Lipinski definition) is 0. The lowest BCUT2D eigenvalue weighted by Crippen LogP contribution is -2.61. The van der Waals surface area contributed by atoms with Crippen LogP contribution in [0.25, 0.3) is 44.3 Å². The van der Waals surface area contributed by atoms with Gasteiger partial charge < -0.3 is 9.23 Å². The molecule has 8 aromatic rings. The Morgan fingerprint density at radius 2 is 1.28 bits per heavy atom. The zero-order valence-corrected chi connectivity index (χ0v) is 35.5. The predicted octanol–water partition coefficient (Wildman–Crippen LogP) is 14.1. The smallest absolute Gasteiger partial charge is 0.337 e. The molecule has 7 aromatic carbocycles. The first kappa shape index (κ1) is 36.8. The normalized spacial score (nSPS) is 14.2. The zero-order valence-electron chi connectivity index (χ0n) is 35.5. The second kappa shape index (κ2) is 14.2. The van der Waals surface area contributed by atoms with Gasteiger partial charge in [0, 0.05) is 44.5 Å². The molecule has 0 bridgehead atoms. The molecule has 2 aliphatic heterocycles. The van der Waals surface area contributed by atoms with Crippen LogP contribution in [0.3, 0.4) is 0 Å². The van der Waals surface area contributed by atoms with Crippen LogP contribution in [0.5, 0.6) is 0 Å². The standard InChI is InChI=1S/C56H51BN2O/c1-6-8-17-37-25-28-40(29-26-37)59-54-43(31-30-42-41-21-13-15-23-47(41)56(4,5)51(42)54)46-33-36(3)34-49-52(46)57(59)53-44-22-14-16-24-50(44)60-55(53)58(49)48-32-27-38(18-9-7-2)35-45(48)39-19-11-10-12-20-39/h10-16,19-35H,6-9,17-18H2,1-5H3. The summed E-state index contributed by atoms with van der Waals surface area (Å²) in [5.74, 6) is 0.895. The second-order valence-electron chi connectivity index (χ2n) is 17.8. The van der Waals surface area contributed by atoms with E-state index >= 15 is 0 Å². The van der Waals surface area contributed by atoms with E-state index in [0.717, 1.165) is 35.4 Å². The molecule has 3 heterocycles. The molecule has 1 aliphatic carbocycles. The molecular weight excluding hydrogens is 727 g/mol. The molecule has 3 aliphatic rings. The first-order valence-electron chi connectivity index (χ1n) is 22.2. The largest absolute Gasteiger partial charge is 0.440 e. The fourth-order valence-electron chi connectivity index (χ4n) is 10.8. The van der Waals surface area contributed by atoms with Crippen molar-refractivity contribution in [1.29, 1.82) is 0 Å². The van der Waals surface area contributed by atoms with Gasteiger partial charge in [-0.05, 0) is 125 Å². The van der Waals surface area contributed by atoms with Gasteiger partial charge in [0.2, 0.25) is 5.88 Å². The topological polar surface area (TPSA) is 19.6 Å². The number of nitrogens with zero attached hydrogens (tertiary/aromatic N) is 2. The van der Waals surface area contributed by atoms with E-state index < -0.39 is 0 Å². The van der Waals surface area contributed by atoms with Gasteiger partial charge in [-0.1, -0.05) is 150 Å². The van der Waals surface area contributed by atoms with E-state index in [0.29, 0.717) is 0 Å². The highest BCUT2D eigenvalue weighted by atomic mass is 16.4. The van der Waals surface area contributed by atoms with E-state index in [1.807, 2.05) is 0 Å². The van der Waals surface area contributed by atoms with Crippen LogP contribution in [-0.2, 0) is 18.3 Å². The lowest BCUT2D eigenvalue weighted by molar-refractivity contribution is 0.622. The highest BCUT2D eigenvalue weighted by Crippen LogP contribution is 2.58. The van der Waals surface area contributed by atoms with Crippen LogP contribution in [-0.4, -0.2) is 6.85 Å². The van der Waals surface area contributed by atoms with Crippen molar-refractivity contribution >= 4 is 57.4 Å². The van der Waals surface area contributed by atoms with Crippen LogP contribution < -0.4 is 20.6 Å². The molecular formula is C56H51BN2O. The third-order valence-corrected chi connectivity index (χ3v) is 13.6. The van der Waals surface area contributed by atoms with Crippen molar-refractivity contribution in [3.05, 3.63) is 173 Å². The minimum absolute atomic E-state index is 0.144. The van der Waals surface area contributed by atoms with Crippen LogP contribution in [0.2, 0.25) is 0 Å². The molecule has 0 unspecified atom stereocenters. The molecule has 1 aromatic heterocycles. The Kier molecular flexibility index (Phi) is 8.71. The van der Waals surface area contributed by atoms with E-state index in [-0.39, 0.29) is 12.3 Å². The molecule has 294 valence electrons. The van der Waals surface area contributed by atoms with Crippen LogP contribution in [0.4, 0.5) is 28.6 Å². The maximum absolute atomic E-state index is 7.26. The molecule has 60 heavy (non-hydrogen) atoms. The van der Waals surface area contributed by atoms with E-state index in [4.69, 9.17) is 4.42 Å². The predicted molar refractivity (Wildman–Crippen MR) is 255 cm³/mol. The Bertz CT molecular complexity index is 2960. The summed E-state index contributed by atoms with van der Waals surface area (Å²) in [6, 6.07) is 55.0. The molecule has 0 N–H and O–H groups in total. The van der Waals surface area contributed by atoms with E-state index in [1.165, 1.54) is 115 Å². The average molecular weight is 779 g/mol. The number of aryl methyl sites for hydroxylation is 3. The Hall–Kier alpha value is -6.26. The van der Waals surface area contributed by atoms with Crippen molar-refractivity contribution < 1.29 is 4.42 Å². The number of para-hydroxylation sites is 1. The minimum Gasteiger partial charge on any atom is -0.440 e. The van der Waals surface area contributed by atoms with Crippen molar-refractivity contribution in [3.8, 4) is 33.4 Å². The van der Waals surface area contributed by atoms with Crippen molar-refractivity contribution in [2.24, 2.45) is 0 Å². The first-order valence-corrected chi connectivity index (χ1v) is 22.2. The van der Waals surface area contributed by atoms with Gasteiger partial charge >= 0.3 is 6.85 Å². The Morgan fingerprint density at radius 1 is 0.583 bits per heavy atom. The Balaban J connectivity index is 1.25. The minimum atomic E-state index is -0.215. The van der Waals surface area contributed by atoms with Gasteiger partial charge in [0.15, 0.2) is 0 Å². The van der Waals surface area contributed by atoms with E-state index in [1.54, 1.807) is 0 Å². The van der Waals surface area contributed by atoms with Gasteiger partial charge in [-0.15, -0.1) is 0 Å². The lowest BCUT2D eigenvalue weighted by Gasteiger charge is -2.46. The third-order valence-electron chi connectivity index (χ3n) is 13.6. The van der Waals surface area contributed by atoms with Crippen LogP contribution in [0.15, 0.2) is 150 Å². The van der Waals surface area contributed by atoms with Crippen molar-refractivity contribution in [3.63, 3.8) is 0 Å². The number of unbranched alkanes of at least 4 members (excludes halogenated alkanes) is 2. The van der Waals surface area contributed by atoms with E-state index in [9.17, 15) is 0 Å². The van der Waals surface area contributed by atoms with Gasteiger partial charge in [-0.25, -0.2) is 0 Å². The number of benzene rings is 7. The van der Waals surface area contributed by atoms with E-state index in [2.05, 4.69) is 190 Å². The molecule has 0 spiro atoms. The molecule has 3 nitrogen and oxygen atoms in total.